The van der Waals surface area contributed by atoms with Gasteiger partial charge in [-0.05, 0) is 30.0 Å². The molecule has 0 heterocycles. The third-order valence-electron chi connectivity index (χ3n) is 3.05. The third-order valence-corrected chi connectivity index (χ3v) is 3.05. The Bertz CT molecular complexity index is 371. The molecule has 1 aromatic carbocycles. The Morgan fingerprint density at radius 2 is 1.78 bits per heavy atom. The van der Waals surface area contributed by atoms with E-state index in [1.165, 1.54) is 5.56 Å². The van der Waals surface area contributed by atoms with Crippen LogP contribution in [-0.4, -0.2) is 12.5 Å². The lowest BCUT2D eigenvalue weighted by Gasteiger charge is -2.18. The summed E-state index contributed by atoms with van der Waals surface area (Å²) in [7, 11) is 0. The highest BCUT2D eigenvalue weighted by atomic mass is 16.1. The SMILES string of the molecule is CCCNC(CC(N)=O)c1ccc(C(C)C)cc1. The summed E-state index contributed by atoms with van der Waals surface area (Å²) in [6, 6.07) is 8.46. The third kappa shape index (κ3) is 4.49. The van der Waals surface area contributed by atoms with Crippen LogP contribution in [0.3, 0.4) is 0 Å². The van der Waals surface area contributed by atoms with Crippen molar-refractivity contribution in [2.45, 2.75) is 45.6 Å². The van der Waals surface area contributed by atoms with E-state index in [-0.39, 0.29) is 11.9 Å². The quantitative estimate of drug-likeness (QED) is 0.779. The first-order valence-corrected chi connectivity index (χ1v) is 6.66. The molecule has 0 saturated heterocycles. The molecule has 1 amide bonds. The average Bonchev–Trinajstić information content (AvgIpc) is 2.34. The Kier molecular flexibility index (Phi) is 5.86. The molecule has 0 saturated carbocycles. The molecule has 1 atom stereocenters. The lowest BCUT2D eigenvalue weighted by atomic mass is 9.97. The summed E-state index contributed by atoms with van der Waals surface area (Å²) in [5, 5.41) is 3.36. The van der Waals surface area contributed by atoms with Crippen molar-refractivity contribution in [1.82, 2.24) is 5.32 Å². The molecular formula is C15H24N2O. The van der Waals surface area contributed by atoms with Crippen molar-refractivity contribution >= 4 is 5.91 Å². The van der Waals surface area contributed by atoms with Crippen molar-refractivity contribution in [2.75, 3.05) is 6.54 Å². The van der Waals surface area contributed by atoms with Gasteiger partial charge in [0.05, 0.1) is 0 Å². The number of hydrogen-bond acceptors (Lipinski definition) is 2. The molecule has 0 aliphatic heterocycles. The maximum Gasteiger partial charge on any atom is 0.219 e. The number of carbonyl (C=O) groups excluding carboxylic acids is 1. The Labute approximate surface area is 110 Å². The Hall–Kier alpha value is -1.35. The second kappa shape index (κ2) is 7.17. The van der Waals surface area contributed by atoms with Gasteiger partial charge in [0, 0.05) is 12.5 Å². The lowest BCUT2D eigenvalue weighted by molar-refractivity contribution is -0.118. The fourth-order valence-electron chi connectivity index (χ4n) is 1.94. The zero-order chi connectivity index (χ0) is 13.5. The Balaban J connectivity index is 2.80. The van der Waals surface area contributed by atoms with Gasteiger partial charge in [-0.3, -0.25) is 4.79 Å². The van der Waals surface area contributed by atoms with Gasteiger partial charge in [-0.25, -0.2) is 0 Å². The molecule has 1 rings (SSSR count). The molecule has 0 spiro atoms. The first kappa shape index (κ1) is 14.7. The standard InChI is InChI=1S/C15H24N2O/c1-4-9-17-14(10-15(16)18)13-7-5-12(6-8-13)11(2)3/h5-8,11,14,17H,4,9-10H2,1-3H3,(H2,16,18). The van der Waals surface area contributed by atoms with Crippen LogP contribution < -0.4 is 11.1 Å². The van der Waals surface area contributed by atoms with Crippen molar-refractivity contribution in [2.24, 2.45) is 5.73 Å². The van der Waals surface area contributed by atoms with Crippen LogP contribution in [-0.2, 0) is 4.79 Å². The number of carbonyl (C=O) groups is 1. The van der Waals surface area contributed by atoms with Gasteiger partial charge in [-0.15, -0.1) is 0 Å². The number of benzene rings is 1. The second-order valence-corrected chi connectivity index (χ2v) is 5.00. The van der Waals surface area contributed by atoms with Crippen LogP contribution >= 0.6 is 0 Å². The van der Waals surface area contributed by atoms with Crippen molar-refractivity contribution < 1.29 is 4.79 Å². The average molecular weight is 248 g/mol. The summed E-state index contributed by atoms with van der Waals surface area (Å²) >= 11 is 0. The van der Waals surface area contributed by atoms with Crippen LogP contribution in [0, 0.1) is 0 Å². The van der Waals surface area contributed by atoms with E-state index in [1.54, 1.807) is 0 Å². The van der Waals surface area contributed by atoms with E-state index >= 15 is 0 Å². The minimum atomic E-state index is -0.267. The van der Waals surface area contributed by atoms with E-state index in [0.717, 1.165) is 18.5 Å². The van der Waals surface area contributed by atoms with Gasteiger partial charge in [-0.1, -0.05) is 45.0 Å². The van der Waals surface area contributed by atoms with Crippen molar-refractivity contribution in [3.05, 3.63) is 35.4 Å². The number of nitrogens with one attached hydrogen (secondary N) is 1. The molecule has 0 radical (unpaired) electrons. The number of primary amides is 1. The van der Waals surface area contributed by atoms with Crippen molar-refractivity contribution in [1.29, 1.82) is 0 Å². The fourth-order valence-corrected chi connectivity index (χ4v) is 1.94. The van der Waals surface area contributed by atoms with Gasteiger partial charge < -0.3 is 11.1 Å². The molecule has 0 aromatic heterocycles. The fraction of sp³-hybridized carbons (Fsp3) is 0.533. The van der Waals surface area contributed by atoms with E-state index in [1.807, 2.05) is 0 Å². The van der Waals surface area contributed by atoms with E-state index in [9.17, 15) is 4.79 Å². The molecule has 0 aliphatic carbocycles. The first-order valence-electron chi connectivity index (χ1n) is 6.66. The second-order valence-electron chi connectivity index (χ2n) is 5.00. The largest absolute Gasteiger partial charge is 0.370 e. The van der Waals surface area contributed by atoms with Gasteiger partial charge in [0.25, 0.3) is 0 Å². The first-order chi connectivity index (χ1) is 8.54. The number of hydrogen-bond donors (Lipinski definition) is 2. The van der Waals surface area contributed by atoms with Crippen LogP contribution in [0.4, 0.5) is 0 Å². The number of rotatable bonds is 7. The maximum atomic E-state index is 11.1. The number of nitrogens with two attached hydrogens (primary N) is 1. The molecular weight excluding hydrogens is 224 g/mol. The highest BCUT2D eigenvalue weighted by Crippen LogP contribution is 2.20. The zero-order valence-electron chi connectivity index (χ0n) is 11.6. The molecule has 0 fully saturated rings. The summed E-state index contributed by atoms with van der Waals surface area (Å²) in [6.07, 6.45) is 1.39. The summed E-state index contributed by atoms with van der Waals surface area (Å²) < 4.78 is 0. The van der Waals surface area contributed by atoms with Crippen LogP contribution in [0.1, 0.15) is 56.7 Å². The van der Waals surface area contributed by atoms with Crippen LogP contribution in [0.25, 0.3) is 0 Å². The van der Waals surface area contributed by atoms with E-state index < -0.39 is 0 Å². The maximum absolute atomic E-state index is 11.1. The molecule has 1 aromatic rings. The lowest BCUT2D eigenvalue weighted by Crippen LogP contribution is -2.27. The van der Waals surface area contributed by atoms with E-state index in [0.29, 0.717) is 12.3 Å². The predicted octanol–water partition coefficient (Wildman–Crippen LogP) is 2.73. The van der Waals surface area contributed by atoms with Gasteiger partial charge in [-0.2, -0.15) is 0 Å². The molecule has 18 heavy (non-hydrogen) atoms. The van der Waals surface area contributed by atoms with Crippen molar-refractivity contribution in [3.63, 3.8) is 0 Å². The minimum Gasteiger partial charge on any atom is -0.370 e. The van der Waals surface area contributed by atoms with Gasteiger partial charge in [0.2, 0.25) is 5.91 Å². The smallest absolute Gasteiger partial charge is 0.219 e. The van der Waals surface area contributed by atoms with Gasteiger partial charge in [0.1, 0.15) is 0 Å². The van der Waals surface area contributed by atoms with Crippen LogP contribution in [0.5, 0.6) is 0 Å². The Morgan fingerprint density at radius 1 is 1.22 bits per heavy atom. The van der Waals surface area contributed by atoms with Gasteiger partial charge in [0.15, 0.2) is 0 Å². The van der Waals surface area contributed by atoms with E-state index in [2.05, 4.69) is 50.4 Å². The highest BCUT2D eigenvalue weighted by Gasteiger charge is 2.13. The highest BCUT2D eigenvalue weighted by molar-refractivity contribution is 5.74. The zero-order valence-corrected chi connectivity index (χ0v) is 11.6. The molecule has 3 N–H and O–H groups in total. The summed E-state index contributed by atoms with van der Waals surface area (Å²) in [4.78, 5) is 11.1. The molecule has 1 unspecified atom stereocenters. The molecule has 3 nitrogen and oxygen atoms in total. The monoisotopic (exact) mass is 248 g/mol. The predicted molar refractivity (Wildman–Crippen MR) is 75.4 cm³/mol. The summed E-state index contributed by atoms with van der Waals surface area (Å²) in [6.45, 7) is 7.34. The molecule has 0 aliphatic rings. The molecule has 0 bridgehead atoms. The minimum absolute atomic E-state index is 0.0312. The molecule has 3 heteroatoms. The number of amides is 1. The van der Waals surface area contributed by atoms with E-state index in [4.69, 9.17) is 5.73 Å². The Morgan fingerprint density at radius 3 is 2.22 bits per heavy atom. The van der Waals surface area contributed by atoms with Crippen LogP contribution in [0.2, 0.25) is 0 Å². The van der Waals surface area contributed by atoms with Gasteiger partial charge >= 0.3 is 0 Å². The summed E-state index contributed by atoms with van der Waals surface area (Å²) in [5.74, 6) is 0.258. The summed E-state index contributed by atoms with van der Waals surface area (Å²) in [5.41, 5.74) is 7.74. The topological polar surface area (TPSA) is 55.1 Å². The van der Waals surface area contributed by atoms with Crippen LogP contribution in [0.15, 0.2) is 24.3 Å². The normalized spacial score (nSPS) is 12.7. The van der Waals surface area contributed by atoms with Crippen molar-refractivity contribution in [3.8, 4) is 0 Å². The molecule has 100 valence electrons.